The van der Waals surface area contributed by atoms with Crippen LogP contribution in [-0.4, -0.2) is 25.9 Å². The molecule has 0 saturated carbocycles. The maximum atomic E-state index is 12.4. The van der Waals surface area contributed by atoms with Crippen molar-refractivity contribution in [2.24, 2.45) is 4.99 Å². The van der Waals surface area contributed by atoms with Crippen LogP contribution in [0.5, 0.6) is 5.88 Å². The molecule has 0 fully saturated rings. The molecule has 4 aromatic rings. The summed E-state index contributed by atoms with van der Waals surface area (Å²) >= 11 is 2.33. The maximum absolute atomic E-state index is 12.4. The van der Waals surface area contributed by atoms with Gasteiger partial charge in [-0.1, -0.05) is 17.4 Å². The fourth-order valence-electron chi connectivity index (χ4n) is 2.94. The van der Waals surface area contributed by atoms with E-state index >= 15 is 0 Å². The van der Waals surface area contributed by atoms with Crippen molar-refractivity contribution in [1.82, 2.24) is 14.5 Å². The van der Waals surface area contributed by atoms with E-state index in [2.05, 4.69) is 15.0 Å². The molecule has 10 heteroatoms. The van der Waals surface area contributed by atoms with Crippen molar-refractivity contribution in [2.75, 3.05) is 0 Å². The van der Waals surface area contributed by atoms with Crippen molar-refractivity contribution in [3.05, 3.63) is 73.9 Å². The number of rotatable bonds is 4. The van der Waals surface area contributed by atoms with Crippen molar-refractivity contribution in [1.29, 1.82) is 5.26 Å². The molecule has 154 valence electrons. The van der Waals surface area contributed by atoms with Gasteiger partial charge in [-0.15, -0.1) is 0 Å². The number of aromatic amines is 1. The molecule has 2 N–H and O–H groups in total. The molecular weight excluding hydrogens is 434 g/mol. The Hall–Kier alpha value is -3.68. The topological polar surface area (TPSA) is 124 Å². The van der Waals surface area contributed by atoms with Gasteiger partial charge in [0.15, 0.2) is 0 Å². The second kappa shape index (κ2) is 8.22. The number of aromatic nitrogens is 3. The zero-order chi connectivity index (χ0) is 22.1. The van der Waals surface area contributed by atoms with Crippen LogP contribution in [0.15, 0.2) is 55.9 Å². The predicted molar refractivity (Wildman–Crippen MR) is 122 cm³/mol. The number of H-pyrrole nitrogens is 1. The standard InChI is InChI=1S/C21H15N5O3S2/c1-11-3-4-13(7-12(11)2)26-19(28)15(18(27)25-21(26)29)9-23-20-24-16-6-5-14(30-10-22)8-17(16)31-20/h3-9,28H,1-2H3,(H,25,27,29)/b23-9+. The highest BCUT2D eigenvalue weighted by Gasteiger charge is 2.15. The first kappa shape index (κ1) is 20.6. The fourth-order valence-corrected chi connectivity index (χ4v) is 4.29. The number of aliphatic imine (C=N–C) groups is 1. The van der Waals surface area contributed by atoms with Crippen molar-refractivity contribution in [3.8, 4) is 17.0 Å². The molecule has 0 saturated heterocycles. The van der Waals surface area contributed by atoms with Gasteiger partial charge in [0, 0.05) is 11.1 Å². The lowest BCUT2D eigenvalue weighted by atomic mass is 10.1. The number of nitrogens with zero attached hydrogens (tertiary/aromatic N) is 4. The van der Waals surface area contributed by atoms with E-state index in [-0.39, 0.29) is 5.56 Å². The molecule has 2 aromatic heterocycles. The number of thiazole rings is 1. The van der Waals surface area contributed by atoms with Crippen LogP contribution in [0, 0.1) is 24.5 Å². The molecule has 0 spiro atoms. The first-order valence-corrected chi connectivity index (χ1v) is 10.7. The molecule has 8 nitrogen and oxygen atoms in total. The van der Waals surface area contributed by atoms with Crippen LogP contribution in [0.1, 0.15) is 16.7 Å². The van der Waals surface area contributed by atoms with E-state index in [1.165, 1.54) is 17.6 Å². The smallest absolute Gasteiger partial charge is 0.335 e. The van der Waals surface area contributed by atoms with Gasteiger partial charge in [0.25, 0.3) is 5.56 Å². The van der Waals surface area contributed by atoms with Crippen LogP contribution in [0.3, 0.4) is 0 Å². The lowest BCUT2D eigenvalue weighted by Crippen LogP contribution is -2.31. The van der Waals surface area contributed by atoms with Gasteiger partial charge in [0.05, 0.1) is 15.9 Å². The summed E-state index contributed by atoms with van der Waals surface area (Å²) in [6, 6.07) is 10.7. The Morgan fingerprint density at radius 3 is 2.77 bits per heavy atom. The molecule has 0 atom stereocenters. The van der Waals surface area contributed by atoms with Crippen molar-refractivity contribution in [3.63, 3.8) is 0 Å². The number of aromatic hydroxyl groups is 1. The van der Waals surface area contributed by atoms with Crippen LogP contribution >= 0.6 is 23.1 Å². The first-order chi connectivity index (χ1) is 14.9. The minimum atomic E-state index is -0.750. The van der Waals surface area contributed by atoms with Gasteiger partial charge < -0.3 is 5.11 Å². The Labute approximate surface area is 184 Å². The maximum Gasteiger partial charge on any atom is 0.335 e. The molecule has 0 aliphatic carbocycles. The minimum absolute atomic E-state index is 0.155. The summed E-state index contributed by atoms with van der Waals surface area (Å²) in [6.45, 7) is 3.83. The predicted octanol–water partition coefficient (Wildman–Crippen LogP) is 3.78. The number of thiocyanates is 1. The molecule has 0 amide bonds. The van der Waals surface area contributed by atoms with Crippen LogP contribution in [0.2, 0.25) is 0 Å². The molecule has 31 heavy (non-hydrogen) atoms. The van der Waals surface area contributed by atoms with Gasteiger partial charge in [-0.25, -0.2) is 19.3 Å². The minimum Gasteiger partial charge on any atom is -0.493 e. The molecule has 0 aliphatic heterocycles. The Kier molecular flexibility index (Phi) is 5.46. The third-order valence-electron chi connectivity index (χ3n) is 4.69. The Balaban J connectivity index is 1.76. The number of nitrogens with one attached hydrogen (secondary N) is 1. The quantitative estimate of drug-likeness (QED) is 0.278. The molecule has 0 radical (unpaired) electrons. The summed E-state index contributed by atoms with van der Waals surface area (Å²) in [6.07, 6.45) is 1.19. The van der Waals surface area contributed by atoms with Crippen molar-refractivity contribution in [2.45, 2.75) is 18.7 Å². The summed E-state index contributed by atoms with van der Waals surface area (Å²) in [5.74, 6) is -0.505. The van der Waals surface area contributed by atoms with Gasteiger partial charge >= 0.3 is 5.69 Å². The SMILES string of the molecule is Cc1ccc(-n2c(O)c(/C=N/c3nc4ccc(SC#N)cc4s3)c(=O)[nH]c2=O)cc1C. The van der Waals surface area contributed by atoms with Gasteiger partial charge in [-0.2, -0.15) is 5.26 Å². The Bertz CT molecular complexity index is 1510. The normalized spacial score (nSPS) is 11.3. The Morgan fingerprint density at radius 2 is 2.03 bits per heavy atom. The summed E-state index contributed by atoms with van der Waals surface area (Å²) in [7, 11) is 0. The number of benzene rings is 2. The van der Waals surface area contributed by atoms with E-state index in [1.54, 1.807) is 24.3 Å². The molecule has 0 aliphatic rings. The highest BCUT2D eigenvalue weighted by atomic mass is 32.2. The van der Waals surface area contributed by atoms with Crippen LogP contribution in [-0.2, 0) is 0 Å². The van der Waals surface area contributed by atoms with Crippen LogP contribution in [0.25, 0.3) is 15.9 Å². The molecule has 0 bridgehead atoms. The summed E-state index contributed by atoms with van der Waals surface area (Å²) < 4.78 is 1.87. The lowest BCUT2D eigenvalue weighted by molar-refractivity contribution is 0.430. The second-order valence-electron chi connectivity index (χ2n) is 6.68. The molecular formula is C21H15N5O3S2. The van der Waals surface area contributed by atoms with E-state index in [9.17, 15) is 14.7 Å². The number of hydrogen-bond donors (Lipinski definition) is 2. The summed E-state index contributed by atoms with van der Waals surface area (Å²) in [4.78, 5) is 36.3. The summed E-state index contributed by atoms with van der Waals surface area (Å²) in [5, 5.41) is 21.9. The largest absolute Gasteiger partial charge is 0.493 e. The van der Waals surface area contributed by atoms with Crippen molar-refractivity contribution < 1.29 is 5.11 Å². The number of hydrogen-bond acceptors (Lipinski definition) is 8. The van der Waals surface area contributed by atoms with Gasteiger partial charge in [0.1, 0.15) is 11.0 Å². The van der Waals surface area contributed by atoms with Gasteiger partial charge in [-0.3, -0.25) is 9.78 Å². The highest BCUT2D eigenvalue weighted by Crippen LogP contribution is 2.31. The van der Waals surface area contributed by atoms with Gasteiger partial charge in [-0.05, 0) is 67.1 Å². The van der Waals surface area contributed by atoms with Crippen LogP contribution in [0.4, 0.5) is 5.13 Å². The fraction of sp³-hybridized carbons (Fsp3) is 0.0952. The lowest BCUT2D eigenvalue weighted by Gasteiger charge is -2.11. The zero-order valence-electron chi connectivity index (χ0n) is 16.4. The summed E-state index contributed by atoms with van der Waals surface area (Å²) in [5.41, 5.74) is 1.46. The monoisotopic (exact) mass is 449 g/mol. The number of thioether (sulfide) groups is 1. The second-order valence-corrected chi connectivity index (χ2v) is 8.55. The number of nitriles is 1. The highest BCUT2D eigenvalue weighted by molar-refractivity contribution is 8.03. The average Bonchev–Trinajstić information content (AvgIpc) is 3.12. The van der Waals surface area contributed by atoms with Gasteiger partial charge in [0.2, 0.25) is 11.0 Å². The Morgan fingerprint density at radius 1 is 1.23 bits per heavy atom. The molecule has 0 unspecified atom stereocenters. The van der Waals surface area contributed by atoms with E-state index in [4.69, 9.17) is 5.26 Å². The average molecular weight is 450 g/mol. The third kappa shape index (κ3) is 4.01. The number of aryl methyl sites for hydroxylation is 2. The number of fused-ring (bicyclic) bond motifs is 1. The van der Waals surface area contributed by atoms with Crippen LogP contribution < -0.4 is 11.2 Å². The van der Waals surface area contributed by atoms with Crippen molar-refractivity contribution >= 4 is 44.7 Å². The van der Waals surface area contributed by atoms with E-state index in [0.717, 1.165) is 37.1 Å². The zero-order valence-corrected chi connectivity index (χ0v) is 18.0. The molecule has 2 heterocycles. The van der Waals surface area contributed by atoms with E-state index in [0.29, 0.717) is 16.3 Å². The van der Waals surface area contributed by atoms with E-state index < -0.39 is 17.1 Å². The third-order valence-corrected chi connectivity index (χ3v) is 6.19. The first-order valence-electron chi connectivity index (χ1n) is 9.04. The molecule has 4 rings (SSSR count). The molecule has 2 aromatic carbocycles. The van der Waals surface area contributed by atoms with E-state index in [1.807, 2.05) is 31.4 Å².